The van der Waals surface area contributed by atoms with Crippen LogP contribution in [0, 0.1) is 5.92 Å². The number of amides is 2. The van der Waals surface area contributed by atoms with Crippen LogP contribution in [0.4, 0.5) is 0 Å². The Labute approximate surface area is 159 Å². The number of ether oxygens (including phenoxy) is 2. The van der Waals surface area contributed by atoms with Crippen molar-refractivity contribution >= 4 is 17.9 Å². The van der Waals surface area contributed by atoms with Crippen LogP contribution in [0.2, 0.25) is 0 Å². The normalized spacial score (nSPS) is 22.4. The highest BCUT2D eigenvalue weighted by atomic mass is 16.5. The van der Waals surface area contributed by atoms with Crippen molar-refractivity contribution in [1.29, 1.82) is 0 Å². The number of nitrogens with zero attached hydrogens (tertiary/aromatic N) is 2. The van der Waals surface area contributed by atoms with Gasteiger partial charge in [0.05, 0.1) is 18.8 Å². The maximum atomic E-state index is 13.0. The van der Waals surface area contributed by atoms with E-state index in [1.807, 2.05) is 40.1 Å². The third kappa shape index (κ3) is 3.90. The highest BCUT2D eigenvalue weighted by Gasteiger charge is 2.30. The first kappa shape index (κ1) is 17.8. The Balaban J connectivity index is 1.44. The second-order valence-corrected chi connectivity index (χ2v) is 7.09. The number of carbonyl (C=O) groups is 2. The number of hydrogen-bond donors (Lipinski definition) is 0. The lowest BCUT2D eigenvalue weighted by molar-refractivity contribution is -0.136. The standard InChI is InChI=1S/C21H24N2O4/c24-20(17-7-13-27-19-5-2-1-4-16(19)14-17)22-8-3-9-23(11-10-22)21(25)18-6-12-26-15-18/h1-2,4-5,7,13-14,18H,3,6,8-12,15H2. The monoisotopic (exact) mass is 368 g/mol. The summed E-state index contributed by atoms with van der Waals surface area (Å²) in [5.41, 5.74) is 1.49. The number of hydrogen-bond acceptors (Lipinski definition) is 4. The van der Waals surface area contributed by atoms with Crippen molar-refractivity contribution in [2.24, 2.45) is 5.92 Å². The van der Waals surface area contributed by atoms with E-state index in [-0.39, 0.29) is 17.7 Å². The van der Waals surface area contributed by atoms with Crippen LogP contribution in [-0.2, 0) is 14.3 Å². The summed E-state index contributed by atoms with van der Waals surface area (Å²) in [6, 6.07) is 7.64. The number of carbonyl (C=O) groups excluding carboxylic acids is 2. The highest BCUT2D eigenvalue weighted by Crippen LogP contribution is 2.25. The zero-order valence-electron chi connectivity index (χ0n) is 15.3. The quantitative estimate of drug-likeness (QED) is 0.802. The van der Waals surface area contributed by atoms with Crippen molar-refractivity contribution in [3.05, 3.63) is 47.7 Å². The molecule has 1 atom stereocenters. The minimum atomic E-state index is -0.0231. The average molecular weight is 368 g/mol. The molecule has 4 rings (SSSR count). The zero-order chi connectivity index (χ0) is 18.6. The summed E-state index contributed by atoms with van der Waals surface area (Å²) >= 11 is 0. The van der Waals surface area contributed by atoms with Crippen LogP contribution in [-0.4, -0.2) is 61.0 Å². The number of para-hydroxylation sites is 1. The molecule has 142 valence electrons. The maximum absolute atomic E-state index is 13.0. The van der Waals surface area contributed by atoms with Gasteiger partial charge in [-0.05, 0) is 31.1 Å². The van der Waals surface area contributed by atoms with Crippen LogP contribution in [0.5, 0.6) is 5.75 Å². The second-order valence-electron chi connectivity index (χ2n) is 7.09. The van der Waals surface area contributed by atoms with Gasteiger partial charge in [-0.15, -0.1) is 0 Å². The molecule has 3 aliphatic heterocycles. The van der Waals surface area contributed by atoms with E-state index < -0.39 is 0 Å². The Kier molecular flexibility index (Phi) is 5.25. The molecular formula is C21H24N2O4. The summed E-state index contributed by atoms with van der Waals surface area (Å²) in [5.74, 6) is 0.860. The summed E-state index contributed by atoms with van der Waals surface area (Å²) in [4.78, 5) is 29.4. The molecule has 6 heteroatoms. The topological polar surface area (TPSA) is 59.1 Å². The van der Waals surface area contributed by atoms with E-state index in [9.17, 15) is 9.59 Å². The Morgan fingerprint density at radius 2 is 1.85 bits per heavy atom. The molecule has 1 aromatic carbocycles. The fourth-order valence-corrected chi connectivity index (χ4v) is 3.75. The molecule has 0 aliphatic carbocycles. The third-order valence-corrected chi connectivity index (χ3v) is 5.29. The first-order valence-electron chi connectivity index (χ1n) is 9.52. The lowest BCUT2D eigenvalue weighted by Gasteiger charge is -2.24. The molecule has 3 heterocycles. The summed E-state index contributed by atoms with van der Waals surface area (Å²) < 4.78 is 10.9. The lowest BCUT2D eigenvalue weighted by atomic mass is 10.1. The van der Waals surface area contributed by atoms with Crippen molar-refractivity contribution in [2.75, 3.05) is 39.4 Å². The molecule has 0 radical (unpaired) electrons. The van der Waals surface area contributed by atoms with Gasteiger partial charge in [-0.1, -0.05) is 18.2 Å². The maximum Gasteiger partial charge on any atom is 0.254 e. The molecule has 0 bridgehead atoms. The van der Waals surface area contributed by atoms with Crippen LogP contribution in [0.25, 0.3) is 6.08 Å². The zero-order valence-corrected chi connectivity index (χ0v) is 15.3. The Hall–Kier alpha value is -2.60. The molecule has 27 heavy (non-hydrogen) atoms. The van der Waals surface area contributed by atoms with Gasteiger partial charge in [0, 0.05) is 43.9 Å². The van der Waals surface area contributed by atoms with Gasteiger partial charge in [0.1, 0.15) is 5.75 Å². The Bertz CT molecular complexity index is 780. The summed E-state index contributed by atoms with van der Waals surface area (Å²) in [6.07, 6.45) is 6.73. The largest absolute Gasteiger partial charge is 0.464 e. The number of benzene rings is 1. The van der Waals surface area contributed by atoms with Crippen LogP contribution < -0.4 is 4.74 Å². The molecule has 2 amide bonds. The second kappa shape index (κ2) is 7.96. The fourth-order valence-electron chi connectivity index (χ4n) is 3.75. The van der Waals surface area contributed by atoms with Gasteiger partial charge in [0.2, 0.25) is 5.91 Å². The molecule has 0 spiro atoms. The predicted molar refractivity (Wildman–Crippen MR) is 101 cm³/mol. The summed E-state index contributed by atoms with van der Waals surface area (Å²) in [5, 5.41) is 0. The molecule has 0 N–H and O–H groups in total. The summed E-state index contributed by atoms with van der Waals surface area (Å²) in [6.45, 7) is 3.66. The lowest BCUT2D eigenvalue weighted by Crippen LogP contribution is -2.40. The van der Waals surface area contributed by atoms with Crippen LogP contribution in [0.1, 0.15) is 18.4 Å². The van der Waals surface area contributed by atoms with Gasteiger partial charge in [-0.25, -0.2) is 0 Å². The van der Waals surface area contributed by atoms with E-state index in [1.54, 1.807) is 12.3 Å². The Morgan fingerprint density at radius 3 is 2.70 bits per heavy atom. The van der Waals surface area contributed by atoms with Gasteiger partial charge in [-0.3, -0.25) is 9.59 Å². The van der Waals surface area contributed by atoms with E-state index in [1.165, 1.54) is 0 Å². The molecule has 1 unspecified atom stereocenters. The first-order valence-corrected chi connectivity index (χ1v) is 9.52. The van der Waals surface area contributed by atoms with Crippen LogP contribution >= 0.6 is 0 Å². The van der Waals surface area contributed by atoms with Crippen LogP contribution in [0.15, 0.2) is 42.2 Å². The number of rotatable bonds is 2. The highest BCUT2D eigenvalue weighted by molar-refractivity contribution is 6.01. The summed E-state index contributed by atoms with van der Waals surface area (Å²) in [7, 11) is 0. The molecule has 0 saturated carbocycles. The minimum Gasteiger partial charge on any atom is -0.464 e. The molecule has 2 saturated heterocycles. The molecule has 3 aliphatic rings. The third-order valence-electron chi connectivity index (χ3n) is 5.29. The van der Waals surface area contributed by atoms with E-state index >= 15 is 0 Å². The minimum absolute atomic E-state index is 0.0200. The van der Waals surface area contributed by atoms with E-state index in [0.717, 1.165) is 24.2 Å². The van der Waals surface area contributed by atoms with Gasteiger partial charge in [0.25, 0.3) is 5.91 Å². The van der Waals surface area contributed by atoms with Crippen molar-refractivity contribution < 1.29 is 19.1 Å². The average Bonchev–Trinajstić information content (AvgIpc) is 2.99. The van der Waals surface area contributed by atoms with Crippen molar-refractivity contribution in [2.45, 2.75) is 12.8 Å². The molecule has 2 fully saturated rings. The van der Waals surface area contributed by atoms with Crippen molar-refractivity contribution in [1.82, 2.24) is 9.80 Å². The molecule has 6 nitrogen and oxygen atoms in total. The van der Waals surface area contributed by atoms with Crippen LogP contribution in [0.3, 0.4) is 0 Å². The molecule has 0 aromatic heterocycles. The SMILES string of the molecule is O=C(C1=Cc2ccccc2OC=C1)N1CCCN(C(=O)C2CCOC2)CC1. The van der Waals surface area contributed by atoms with Gasteiger partial charge in [0.15, 0.2) is 0 Å². The van der Waals surface area contributed by atoms with Crippen molar-refractivity contribution in [3.8, 4) is 5.75 Å². The molecule has 1 aromatic rings. The fraction of sp³-hybridized carbons (Fsp3) is 0.429. The van der Waals surface area contributed by atoms with Gasteiger partial charge < -0.3 is 19.3 Å². The van der Waals surface area contributed by atoms with E-state index in [2.05, 4.69) is 0 Å². The van der Waals surface area contributed by atoms with Gasteiger partial charge >= 0.3 is 0 Å². The number of fused-ring (bicyclic) bond motifs is 1. The van der Waals surface area contributed by atoms with E-state index in [0.29, 0.717) is 45.0 Å². The molecular weight excluding hydrogens is 344 g/mol. The smallest absolute Gasteiger partial charge is 0.254 e. The first-order chi connectivity index (χ1) is 13.2. The van der Waals surface area contributed by atoms with E-state index in [4.69, 9.17) is 9.47 Å². The Morgan fingerprint density at radius 1 is 1.04 bits per heavy atom. The predicted octanol–water partition coefficient (Wildman–Crippen LogP) is 2.07. The van der Waals surface area contributed by atoms with Gasteiger partial charge in [-0.2, -0.15) is 0 Å². The van der Waals surface area contributed by atoms with Crippen molar-refractivity contribution in [3.63, 3.8) is 0 Å².